The molecule has 2 aromatic rings. The third-order valence-electron chi connectivity index (χ3n) is 3.76. The topological polar surface area (TPSA) is 259 Å². The summed E-state index contributed by atoms with van der Waals surface area (Å²) in [6.07, 6.45) is -3.12. The Hall–Kier alpha value is 0.680. The van der Waals surface area contributed by atoms with Crippen LogP contribution in [0.15, 0.2) is 12.7 Å². The number of rotatable bonds is 8. The Labute approximate surface area is 224 Å². The molecule has 0 bridgehead atoms. The van der Waals surface area contributed by atoms with Crippen molar-refractivity contribution in [3.8, 4) is 0 Å². The molecular weight excluding hydrogens is 521 g/mol. The number of imidazole rings is 1. The van der Waals surface area contributed by atoms with Crippen molar-refractivity contribution in [3.63, 3.8) is 0 Å². The zero-order valence-electron chi connectivity index (χ0n) is 14.5. The van der Waals surface area contributed by atoms with Gasteiger partial charge in [-0.25, -0.2) is 28.4 Å². The van der Waals surface area contributed by atoms with Gasteiger partial charge in [-0.3, -0.25) is 9.13 Å². The second kappa shape index (κ2) is 12.1. The first-order chi connectivity index (χ1) is 13.9. The number of nitrogen functional groups attached to an aromatic ring is 1. The number of hydrogen-bond donors (Lipinski definition) is 6. The van der Waals surface area contributed by atoms with Crippen LogP contribution in [0, 0.1) is 0 Å². The van der Waals surface area contributed by atoms with Crippen LogP contribution in [0.3, 0.4) is 0 Å². The average molecular weight is 539 g/mol. The summed E-state index contributed by atoms with van der Waals surface area (Å²) in [5, 5.41) is 20.4. The Kier molecular flexibility index (Phi) is 11.6. The summed E-state index contributed by atoms with van der Waals surface area (Å²) in [6, 6.07) is 0. The molecule has 2 aromatic heterocycles. The quantitative estimate of drug-likeness (QED) is 0.148. The number of anilines is 1. The molecule has 0 aromatic carbocycles. The van der Waals surface area contributed by atoms with E-state index in [1.807, 2.05) is 0 Å². The molecule has 0 saturated carbocycles. The standard InChI is InChI=1S/C10H16N5O12P3.2Na.2H/c11-8-5-9(13-2-12-8)15(3-14-5)10-7(17)6(16)4(25-10)1-24-28(18)26-30(22,23)27-29(19,20)21;;;;/h2-4,6-7,10,16-17,28H,1H2,(H,22,23)(H2,11,12,13)(H2,19,20,21);;;;/t4-,6-,7-,10-;;;;/m1..../s1. The van der Waals surface area contributed by atoms with Gasteiger partial charge in [0.2, 0.25) is 0 Å². The molecule has 3 heterocycles. The number of phosphoric acid groups is 2. The van der Waals surface area contributed by atoms with Crippen LogP contribution in [-0.2, 0) is 31.6 Å². The van der Waals surface area contributed by atoms with Crippen molar-refractivity contribution >= 4 is 100.0 Å². The summed E-state index contributed by atoms with van der Waals surface area (Å²) >= 11 is 0. The predicted molar refractivity (Wildman–Crippen MR) is 109 cm³/mol. The molecule has 32 heavy (non-hydrogen) atoms. The van der Waals surface area contributed by atoms with Crippen molar-refractivity contribution in [1.29, 1.82) is 0 Å². The van der Waals surface area contributed by atoms with E-state index in [4.69, 9.17) is 25.2 Å². The number of hydrogen-bond acceptors (Lipinski definition) is 13. The number of nitrogens with two attached hydrogens (primary N) is 1. The average Bonchev–Trinajstić information content (AvgIpc) is 3.14. The fraction of sp³-hybridized carbons (Fsp3) is 0.500. The molecule has 17 nitrogen and oxygen atoms in total. The third kappa shape index (κ3) is 7.59. The molecule has 0 spiro atoms. The molecule has 3 rings (SSSR count). The number of nitrogens with zero attached hydrogens (tertiary/aromatic N) is 4. The van der Waals surface area contributed by atoms with Gasteiger partial charge in [0, 0.05) is 0 Å². The van der Waals surface area contributed by atoms with Crippen molar-refractivity contribution in [2.24, 2.45) is 0 Å². The van der Waals surface area contributed by atoms with Crippen molar-refractivity contribution in [2.45, 2.75) is 24.5 Å². The van der Waals surface area contributed by atoms with Crippen molar-refractivity contribution in [2.75, 3.05) is 12.3 Å². The van der Waals surface area contributed by atoms with Crippen molar-refractivity contribution in [3.05, 3.63) is 12.7 Å². The van der Waals surface area contributed by atoms with Crippen LogP contribution in [0.2, 0.25) is 0 Å². The van der Waals surface area contributed by atoms with Crippen molar-refractivity contribution < 1.29 is 56.5 Å². The van der Waals surface area contributed by atoms with E-state index in [1.165, 1.54) is 10.9 Å². The van der Waals surface area contributed by atoms with E-state index >= 15 is 0 Å². The van der Waals surface area contributed by atoms with Gasteiger partial charge in [-0.05, 0) is 0 Å². The molecule has 7 N–H and O–H groups in total. The second-order valence-electron chi connectivity index (χ2n) is 5.82. The predicted octanol–water partition coefficient (Wildman–Crippen LogP) is -2.64. The van der Waals surface area contributed by atoms with Gasteiger partial charge in [-0.1, -0.05) is 0 Å². The number of fused-ring (bicyclic) bond motifs is 1. The fourth-order valence-corrected chi connectivity index (χ4v) is 5.35. The Morgan fingerprint density at radius 1 is 1.16 bits per heavy atom. The molecule has 0 amide bonds. The minimum absolute atomic E-state index is 0. The number of aliphatic hydroxyl groups excluding tert-OH is 2. The zero-order chi connectivity index (χ0) is 22.3. The summed E-state index contributed by atoms with van der Waals surface area (Å²) in [6.45, 7) is -0.688. The molecule has 172 valence electrons. The molecule has 1 saturated heterocycles. The number of ether oxygens (including phenoxy) is 1. The molecule has 1 aliphatic heterocycles. The van der Waals surface area contributed by atoms with Gasteiger partial charge in [0.05, 0.1) is 12.9 Å². The third-order valence-corrected chi connectivity index (χ3v) is 7.36. The molecule has 0 aliphatic carbocycles. The van der Waals surface area contributed by atoms with E-state index in [0.717, 1.165) is 6.33 Å². The molecular formula is C10H18N5Na2O12P3. The first-order valence-corrected chi connectivity index (χ1v) is 12.0. The van der Waals surface area contributed by atoms with Crippen LogP contribution in [0.4, 0.5) is 5.82 Å². The fourth-order valence-electron chi connectivity index (χ4n) is 2.57. The second-order valence-corrected chi connectivity index (χ2v) is 9.91. The summed E-state index contributed by atoms with van der Waals surface area (Å²) in [5.74, 6) is 0.0772. The van der Waals surface area contributed by atoms with Gasteiger partial charge in [0.15, 0.2) is 17.7 Å². The van der Waals surface area contributed by atoms with E-state index in [2.05, 4.69) is 28.1 Å². The minimum atomic E-state index is -5.40. The van der Waals surface area contributed by atoms with Gasteiger partial charge < -0.3 is 39.9 Å². The maximum atomic E-state index is 11.6. The number of aliphatic hydroxyl groups is 2. The van der Waals surface area contributed by atoms with E-state index in [9.17, 15) is 23.9 Å². The van der Waals surface area contributed by atoms with Gasteiger partial charge in [0.1, 0.15) is 30.2 Å². The normalized spacial score (nSPS) is 26.2. The summed E-state index contributed by atoms with van der Waals surface area (Å²) in [4.78, 5) is 37.8. The summed E-state index contributed by atoms with van der Waals surface area (Å²) in [7, 11) is -14.6. The van der Waals surface area contributed by atoms with E-state index < -0.39 is 55.0 Å². The Balaban J connectivity index is 0.00000256. The van der Waals surface area contributed by atoms with Crippen LogP contribution in [0.5, 0.6) is 0 Å². The van der Waals surface area contributed by atoms with Gasteiger partial charge in [-0.2, -0.15) is 4.31 Å². The molecule has 1 fully saturated rings. The summed E-state index contributed by atoms with van der Waals surface area (Å²) < 4.78 is 52.4. The summed E-state index contributed by atoms with van der Waals surface area (Å²) in [5.41, 5.74) is 6.11. The molecule has 6 atom stereocenters. The Morgan fingerprint density at radius 2 is 1.81 bits per heavy atom. The van der Waals surface area contributed by atoms with E-state index in [-0.39, 0.29) is 76.1 Å². The Morgan fingerprint density at radius 3 is 2.44 bits per heavy atom. The molecule has 2 unspecified atom stereocenters. The van der Waals surface area contributed by atoms with Crippen LogP contribution >= 0.6 is 23.9 Å². The van der Waals surface area contributed by atoms with Crippen molar-refractivity contribution in [1.82, 2.24) is 19.5 Å². The van der Waals surface area contributed by atoms with E-state index in [1.54, 1.807) is 0 Å². The van der Waals surface area contributed by atoms with Gasteiger partial charge in [-0.15, -0.1) is 0 Å². The van der Waals surface area contributed by atoms with Crippen LogP contribution in [0.25, 0.3) is 11.2 Å². The maximum absolute atomic E-state index is 11.6. The first-order valence-electron chi connectivity index (χ1n) is 7.78. The van der Waals surface area contributed by atoms with Crippen LogP contribution < -0.4 is 5.73 Å². The zero-order valence-corrected chi connectivity index (χ0v) is 17.3. The van der Waals surface area contributed by atoms with Gasteiger partial charge >= 0.3 is 83.0 Å². The Bertz CT molecular complexity index is 1050. The monoisotopic (exact) mass is 539 g/mol. The van der Waals surface area contributed by atoms with E-state index in [0.29, 0.717) is 0 Å². The molecule has 22 heteroatoms. The first kappa shape index (κ1) is 30.7. The van der Waals surface area contributed by atoms with Crippen LogP contribution in [-0.4, -0.2) is 128 Å². The molecule has 1 aliphatic rings. The van der Waals surface area contributed by atoms with Crippen LogP contribution in [0.1, 0.15) is 6.23 Å². The SMILES string of the molecule is Nc1ncnc2c1ncn2[C@@H]1O[C@H](CO[PH](=O)OP(=O)(O)OP(=O)(O)O)[C@@H](O)[C@H]1O.[NaH].[NaH]. The molecule has 0 radical (unpaired) electrons. The number of aromatic nitrogens is 4. The van der Waals surface area contributed by atoms with Gasteiger partial charge in [0.25, 0.3) is 0 Å².